The molecule has 0 saturated heterocycles. The van der Waals surface area contributed by atoms with Crippen LogP contribution in [0, 0.1) is 28.6 Å². The summed E-state index contributed by atoms with van der Waals surface area (Å²) in [6.07, 6.45) is 24.0. The summed E-state index contributed by atoms with van der Waals surface area (Å²) in [5.74, 6) is 3.05. The summed E-state index contributed by atoms with van der Waals surface area (Å²) in [6, 6.07) is 0. The van der Waals surface area contributed by atoms with E-state index in [9.17, 15) is 0 Å². The van der Waals surface area contributed by atoms with Crippen LogP contribution in [0.3, 0.4) is 0 Å². The first-order valence-corrected chi connectivity index (χ1v) is 10.9. The highest BCUT2D eigenvalue weighted by Gasteiger charge is 2.65. The standard InChI is InChI=1S/C22H37N/c23-22-13-17-11-20(15-22,18-7-3-1-4-8-18)14-21(12-17,16-22)19-9-5-2-6-10-19/h17-19H,1-16,23H2. The van der Waals surface area contributed by atoms with Gasteiger partial charge in [0, 0.05) is 5.54 Å². The Balaban J connectivity index is 1.49. The largest absolute Gasteiger partial charge is 0.325 e. The van der Waals surface area contributed by atoms with Gasteiger partial charge in [-0.3, -0.25) is 0 Å². The van der Waals surface area contributed by atoms with Gasteiger partial charge in [0.25, 0.3) is 0 Å². The fourth-order valence-corrected chi connectivity index (χ4v) is 9.01. The maximum absolute atomic E-state index is 7.10. The van der Waals surface area contributed by atoms with E-state index in [4.69, 9.17) is 5.73 Å². The van der Waals surface area contributed by atoms with Gasteiger partial charge in [0.2, 0.25) is 0 Å². The van der Waals surface area contributed by atoms with Crippen LogP contribution in [-0.4, -0.2) is 5.54 Å². The van der Waals surface area contributed by atoms with E-state index in [2.05, 4.69) is 0 Å². The van der Waals surface area contributed by atoms with Gasteiger partial charge >= 0.3 is 0 Å². The summed E-state index contributed by atoms with van der Waals surface area (Å²) in [4.78, 5) is 0. The molecule has 0 amide bonds. The van der Waals surface area contributed by atoms with Crippen molar-refractivity contribution in [1.29, 1.82) is 0 Å². The van der Waals surface area contributed by atoms with Crippen molar-refractivity contribution >= 4 is 0 Å². The zero-order valence-electron chi connectivity index (χ0n) is 15.1. The van der Waals surface area contributed by atoms with Crippen LogP contribution in [-0.2, 0) is 0 Å². The molecule has 0 spiro atoms. The maximum atomic E-state index is 7.10. The van der Waals surface area contributed by atoms with Gasteiger partial charge < -0.3 is 5.73 Å². The van der Waals surface area contributed by atoms with Gasteiger partial charge in [0.15, 0.2) is 0 Å². The van der Waals surface area contributed by atoms with E-state index >= 15 is 0 Å². The topological polar surface area (TPSA) is 26.0 Å². The molecular weight excluding hydrogens is 278 g/mol. The third-order valence-corrected chi connectivity index (χ3v) is 9.14. The molecule has 0 radical (unpaired) electrons. The molecule has 4 bridgehead atoms. The number of hydrogen-bond donors (Lipinski definition) is 1. The SMILES string of the molecule is NC12CC3CC(C4CCCCC4)(C1)CC(C1CCCCC1)(C3)C2. The number of rotatable bonds is 2. The van der Waals surface area contributed by atoms with E-state index in [-0.39, 0.29) is 5.54 Å². The zero-order chi connectivity index (χ0) is 15.5. The Kier molecular flexibility index (Phi) is 3.46. The predicted octanol–water partition coefficient (Wildman–Crippen LogP) is 5.81. The van der Waals surface area contributed by atoms with Crippen molar-refractivity contribution in [3.8, 4) is 0 Å². The van der Waals surface area contributed by atoms with Gasteiger partial charge in [-0.2, -0.15) is 0 Å². The first kappa shape index (κ1) is 15.2. The Bertz CT molecular complexity index is 423. The van der Waals surface area contributed by atoms with Crippen LogP contribution in [0.2, 0.25) is 0 Å². The monoisotopic (exact) mass is 315 g/mol. The zero-order valence-corrected chi connectivity index (χ0v) is 15.1. The lowest BCUT2D eigenvalue weighted by molar-refractivity contribution is -0.176. The van der Waals surface area contributed by atoms with Crippen LogP contribution in [0.4, 0.5) is 0 Å². The van der Waals surface area contributed by atoms with Crippen LogP contribution in [0.5, 0.6) is 0 Å². The Hall–Kier alpha value is -0.0400. The molecule has 6 fully saturated rings. The summed E-state index contributed by atoms with van der Waals surface area (Å²) in [6.45, 7) is 0. The molecule has 1 heteroatoms. The second-order valence-electron chi connectivity index (χ2n) is 10.8. The molecule has 0 aromatic rings. The quantitative estimate of drug-likeness (QED) is 0.683. The van der Waals surface area contributed by atoms with Gasteiger partial charge in [-0.25, -0.2) is 0 Å². The minimum atomic E-state index is 0.230. The second-order valence-corrected chi connectivity index (χ2v) is 10.8. The average molecular weight is 316 g/mol. The van der Waals surface area contributed by atoms with Gasteiger partial charge in [0.1, 0.15) is 0 Å². The Morgan fingerprint density at radius 2 is 1.04 bits per heavy atom. The Morgan fingerprint density at radius 3 is 1.48 bits per heavy atom. The van der Waals surface area contributed by atoms with E-state index < -0.39 is 0 Å². The maximum Gasteiger partial charge on any atom is 0.0167 e. The third-order valence-electron chi connectivity index (χ3n) is 9.14. The van der Waals surface area contributed by atoms with Crippen LogP contribution >= 0.6 is 0 Å². The lowest BCUT2D eigenvalue weighted by Gasteiger charge is -2.70. The van der Waals surface area contributed by atoms with Crippen molar-refractivity contribution in [2.75, 3.05) is 0 Å². The molecule has 6 aliphatic rings. The number of hydrogen-bond acceptors (Lipinski definition) is 1. The van der Waals surface area contributed by atoms with Crippen molar-refractivity contribution in [3.05, 3.63) is 0 Å². The van der Waals surface area contributed by atoms with Gasteiger partial charge in [-0.1, -0.05) is 38.5 Å². The lowest BCUT2D eigenvalue weighted by atomic mass is 9.36. The highest BCUT2D eigenvalue weighted by atomic mass is 14.8. The first-order chi connectivity index (χ1) is 11.1. The molecule has 6 saturated carbocycles. The molecule has 2 N–H and O–H groups in total. The molecule has 2 unspecified atom stereocenters. The van der Waals surface area contributed by atoms with Crippen LogP contribution in [0.25, 0.3) is 0 Å². The van der Waals surface area contributed by atoms with Gasteiger partial charge in [0.05, 0.1) is 0 Å². The molecule has 0 heterocycles. The number of nitrogens with two attached hydrogens (primary N) is 1. The average Bonchev–Trinajstić information content (AvgIpc) is 2.54. The fraction of sp³-hybridized carbons (Fsp3) is 1.00. The van der Waals surface area contributed by atoms with Crippen LogP contribution in [0.1, 0.15) is 103 Å². The van der Waals surface area contributed by atoms with Crippen molar-refractivity contribution in [3.63, 3.8) is 0 Å². The lowest BCUT2D eigenvalue weighted by Crippen LogP contribution is -2.67. The highest BCUT2D eigenvalue weighted by Crippen LogP contribution is 2.72. The molecule has 0 aromatic carbocycles. The molecule has 23 heavy (non-hydrogen) atoms. The van der Waals surface area contributed by atoms with Crippen LogP contribution in [0.15, 0.2) is 0 Å². The molecule has 1 nitrogen and oxygen atoms in total. The van der Waals surface area contributed by atoms with E-state index in [0.717, 1.165) is 17.8 Å². The first-order valence-electron chi connectivity index (χ1n) is 10.9. The second kappa shape index (κ2) is 5.23. The van der Waals surface area contributed by atoms with Crippen molar-refractivity contribution in [2.24, 2.45) is 34.3 Å². The molecule has 6 rings (SSSR count). The molecule has 0 aliphatic heterocycles. The predicted molar refractivity (Wildman–Crippen MR) is 96.1 cm³/mol. The minimum absolute atomic E-state index is 0.230. The summed E-state index contributed by atoms with van der Waals surface area (Å²) in [5, 5.41) is 0. The van der Waals surface area contributed by atoms with Gasteiger partial charge in [-0.05, 0) is 92.8 Å². The highest BCUT2D eigenvalue weighted by molar-refractivity contribution is 5.18. The molecular formula is C22H37N. The van der Waals surface area contributed by atoms with E-state index in [1.807, 2.05) is 0 Å². The summed E-state index contributed by atoms with van der Waals surface area (Å²) >= 11 is 0. The Labute approximate surface area is 143 Å². The summed E-state index contributed by atoms with van der Waals surface area (Å²) in [7, 11) is 0. The normalized spacial score (nSPS) is 51.3. The van der Waals surface area contributed by atoms with E-state index in [0.29, 0.717) is 10.8 Å². The van der Waals surface area contributed by atoms with E-state index in [1.54, 1.807) is 19.3 Å². The molecule has 2 atom stereocenters. The summed E-state index contributed by atoms with van der Waals surface area (Å²) < 4.78 is 0. The van der Waals surface area contributed by atoms with Gasteiger partial charge in [-0.15, -0.1) is 0 Å². The van der Waals surface area contributed by atoms with Crippen molar-refractivity contribution < 1.29 is 0 Å². The summed E-state index contributed by atoms with van der Waals surface area (Å²) in [5.41, 5.74) is 8.68. The van der Waals surface area contributed by atoms with E-state index in [1.165, 1.54) is 83.5 Å². The van der Waals surface area contributed by atoms with Crippen molar-refractivity contribution in [2.45, 2.75) is 108 Å². The third kappa shape index (κ3) is 2.35. The Morgan fingerprint density at radius 1 is 0.565 bits per heavy atom. The smallest absolute Gasteiger partial charge is 0.0167 e. The van der Waals surface area contributed by atoms with Crippen LogP contribution < -0.4 is 5.73 Å². The fourth-order valence-electron chi connectivity index (χ4n) is 9.01. The minimum Gasteiger partial charge on any atom is -0.325 e. The molecule has 130 valence electrons. The molecule has 0 aromatic heterocycles. The molecule has 6 aliphatic carbocycles. The van der Waals surface area contributed by atoms with Crippen molar-refractivity contribution in [1.82, 2.24) is 0 Å².